The Kier molecular flexibility index (Phi) is 4.57. The molecule has 0 radical (unpaired) electrons. The lowest BCUT2D eigenvalue weighted by atomic mass is 10.1. The molecule has 1 aromatic heterocycles. The number of hydrogen-bond donors (Lipinski definition) is 0. The highest BCUT2D eigenvalue weighted by molar-refractivity contribution is 5.79. The van der Waals surface area contributed by atoms with E-state index in [1.54, 1.807) is 11.0 Å². The first-order valence-electron chi connectivity index (χ1n) is 9.54. The summed E-state index contributed by atoms with van der Waals surface area (Å²) >= 11 is 0. The Hall–Kier alpha value is -3.56. The molecule has 5 rings (SSSR count). The minimum atomic E-state index is -4.46. The zero-order chi connectivity index (χ0) is 21.6. The van der Waals surface area contributed by atoms with Gasteiger partial charge >= 0.3 is 6.18 Å². The molecule has 31 heavy (non-hydrogen) atoms. The van der Waals surface area contributed by atoms with Gasteiger partial charge in [0.25, 0.3) is 0 Å². The number of nitrogens with zero attached hydrogens (tertiary/aromatic N) is 3. The number of carbonyl (C=O) groups excluding carboxylic acids is 1. The zero-order valence-corrected chi connectivity index (χ0v) is 16.1. The monoisotopic (exact) mass is 431 g/mol. The summed E-state index contributed by atoms with van der Waals surface area (Å²) in [4.78, 5) is 18.4. The number of benzene rings is 2. The Balaban J connectivity index is 1.30. The highest BCUT2D eigenvalue weighted by Gasteiger charge is 2.35. The van der Waals surface area contributed by atoms with Crippen LogP contribution in [0.2, 0.25) is 0 Å². The number of carbonyl (C=O) groups is 1. The number of likely N-dealkylation sites (tertiary alicyclic amines) is 1. The SMILES string of the molecule is O=C1CC(c2nc(-c3cccc(C(F)(F)F)c3)no2)CN1Cc1ccc2c(c1)OCO2. The number of halogens is 3. The van der Waals surface area contributed by atoms with Gasteiger partial charge in [0.05, 0.1) is 11.5 Å². The van der Waals surface area contributed by atoms with Gasteiger partial charge in [-0.05, 0) is 29.8 Å². The van der Waals surface area contributed by atoms with Crippen molar-refractivity contribution in [1.82, 2.24) is 15.0 Å². The number of hydrogen-bond acceptors (Lipinski definition) is 6. The average Bonchev–Trinajstić information content (AvgIpc) is 3.47. The fraction of sp³-hybridized carbons (Fsp3) is 0.286. The summed E-state index contributed by atoms with van der Waals surface area (Å²) in [5.74, 6) is 1.21. The van der Waals surface area contributed by atoms with Crippen LogP contribution in [0.5, 0.6) is 11.5 Å². The van der Waals surface area contributed by atoms with E-state index in [0.717, 1.165) is 17.7 Å². The van der Waals surface area contributed by atoms with Gasteiger partial charge in [-0.15, -0.1) is 0 Å². The summed E-state index contributed by atoms with van der Waals surface area (Å²) in [6, 6.07) is 10.2. The second kappa shape index (κ2) is 7.29. The van der Waals surface area contributed by atoms with Crippen molar-refractivity contribution in [2.24, 2.45) is 0 Å². The van der Waals surface area contributed by atoms with Crippen molar-refractivity contribution in [1.29, 1.82) is 0 Å². The van der Waals surface area contributed by atoms with Gasteiger partial charge in [0.1, 0.15) is 0 Å². The lowest BCUT2D eigenvalue weighted by Gasteiger charge is -2.16. The van der Waals surface area contributed by atoms with Crippen LogP contribution in [-0.4, -0.2) is 34.3 Å². The second-order valence-electron chi connectivity index (χ2n) is 7.40. The van der Waals surface area contributed by atoms with Gasteiger partial charge in [-0.25, -0.2) is 0 Å². The molecule has 2 aromatic carbocycles. The summed E-state index contributed by atoms with van der Waals surface area (Å²) in [5.41, 5.74) is 0.307. The van der Waals surface area contributed by atoms with Crippen LogP contribution in [0.15, 0.2) is 47.0 Å². The first-order chi connectivity index (χ1) is 14.9. The quantitative estimate of drug-likeness (QED) is 0.622. The molecule has 1 atom stereocenters. The van der Waals surface area contributed by atoms with Gasteiger partial charge in [0.2, 0.25) is 24.4 Å². The minimum absolute atomic E-state index is 0.0581. The molecule has 0 bridgehead atoms. The topological polar surface area (TPSA) is 77.7 Å². The molecule has 1 unspecified atom stereocenters. The summed E-state index contributed by atoms with van der Waals surface area (Å²) in [6.45, 7) is 0.937. The lowest BCUT2D eigenvalue weighted by Crippen LogP contribution is -2.24. The molecule has 1 fully saturated rings. The molecule has 1 amide bonds. The molecular weight excluding hydrogens is 415 g/mol. The first kappa shape index (κ1) is 19.4. The third-order valence-corrected chi connectivity index (χ3v) is 5.26. The van der Waals surface area contributed by atoms with E-state index in [9.17, 15) is 18.0 Å². The van der Waals surface area contributed by atoms with E-state index >= 15 is 0 Å². The standard InChI is InChI=1S/C21H16F3N3O4/c22-21(23,24)15-3-1-2-13(7-15)19-25-20(31-26-19)14-8-18(28)27(10-14)9-12-4-5-16-17(6-12)30-11-29-16/h1-7,14H,8-11H2. The Morgan fingerprint density at radius 1 is 1.10 bits per heavy atom. The Morgan fingerprint density at radius 2 is 1.94 bits per heavy atom. The Labute approximate surface area is 174 Å². The van der Waals surface area contributed by atoms with E-state index in [4.69, 9.17) is 14.0 Å². The molecule has 160 valence electrons. The molecular formula is C21H16F3N3O4. The van der Waals surface area contributed by atoms with E-state index in [0.29, 0.717) is 24.6 Å². The summed E-state index contributed by atoms with van der Waals surface area (Å²) in [7, 11) is 0. The van der Waals surface area contributed by atoms with Gasteiger partial charge in [-0.2, -0.15) is 18.2 Å². The maximum absolute atomic E-state index is 13.0. The Morgan fingerprint density at radius 3 is 2.77 bits per heavy atom. The van der Waals surface area contributed by atoms with Gasteiger partial charge in [0.15, 0.2) is 11.5 Å². The van der Waals surface area contributed by atoms with Gasteiger partial charge in [-0.1, -0.05) is 23.4 Å². The highest BCUT2D eigenvalue weighted by Crippen LogP contribution is 2.35. The molecule has 10 heteroatoms. The van der Waals surface area contributed by atoms with Crippen LogP contribution in [0, 0.1) is 0 Å². The van der Waals surface area contributed by atoms with Crippen molar-refractivity contribution in [2.45, 2.75) is 25.1 Å². The van der Waals surface area contributed by atoms with E-state index < -0.39 is 11.7 Å². The van der Waals surface area contributed by atoms with E-state index in [-0.39, 0.29) is 42.3 Å². The molecule has 0 spiro atoms. The van der Waals surface area contributed by atoms with Crippen molar-refractivity contribution in [3.63, 3.8) is 0 Å². The van der Waals surface area contributed by atoms with Crippen LogP contribution in [0.25, 0.3) is 11.4 Å². The third-order valence-electron chi connectivity index (χ3n) is 5.26. The van der Waals surface area contributed by atoms with Crippen molar-refractivity contribution in [3.05, 3.63) is 59.5 Å². The maximum atomic E-state index is 13.0. The molecule has 2 aliphatic heterocycles. The predicted octanol–water partition coefficient (Wildman–Crippen LogP) is 4.00. The number of amides is 1. The van der Waals surface area contributed by atoms with E-state index in [1.165, 1.54) is 12.1 Å². The normalized spacial score (nSPS) is 18.1. The summed E-state index contributed by atoms with van der Waals surface area (Å²) < 4.78 is 54.8. The van der Waals surface area contributed by atoms with Crippen LogP contribution in [0.1, 0.15) is 29.4 Å². The van der Waals surface area contributed by atoms with Gasteiger partial charge in [-0.3, -0.25) is 4.79 Å². The summed E-state index contributed by atoms with van der Waals surface area (Å²) in [6.07, 6.45) is -4.27. The number of rotatable bonds is 4. The minimum Gasteiger partial charge on any atom is -0.454 e. The largest absolute Gasteiger partial charge is 0.454 e. The molecule has 7 nitrogen and oxygen atoms in total. The highest BCUT2D eigenvalue weighted by atomic mass is 19.4. The van der Waals surface area contributed by atoms with Crippen LogP contribution < -0.4 is 9.47 Å². The first-order valence-corrected chi connectivity index (χ1v) is 9.54. The molecule has 0 N–H and O–H groups in total. The fourth-order valence-corrected chi connectivity index (χ4v) is 3.70. The molecule has 0 saturated carbocycles. The number of ether oxygens (including phenoxy) is 2. The lowest BCUT2D eigenvalue weighted by molar-refractivity contribution is -0.137. The molecule has 0 aliphatic carbocycles. The number of aromatic nitrogens is 2. The number of alkyl halides is 3. The maximum Gasteiger partial charge on any atom is 0.416 e. The predicted molar refractivity (Wildman–Crippen MR) is 100 cm³/mol. The third kappa shape index (κ3) is 3.80. The second-order valence-corrected chi connectivity index (χ2v) is 7.40. The van der Waals surface area contributed by atoms with Crippen molar-refractivity contribution in [3.8, 4) is 22.9 Å². The zero-order valence-electron chi connectivity index (χ0n) is 16.1. The van der Waals surface area contributed by atoms with Crippen LogP contribution in [0.4, 0.5) is 13.2 Å². The van der Waals surface area contributed by atoms with Crippen molar-refractivity contribution < 1.29 is 32.0 Å². The molecule has 1 saturated heterocycles. The molecule has 3 aromatic rings. The van der Waals surface area contributed by atoms with Crippen LogP contribution >= 0.6 is 0 Å². The van der Waals surface area contributed by atoms with Gasteiger partial charge < -0.3 is 18.9 Å². The van der Waals surface area contributed by atoms with E-state index in [2.05, 4.69) is 10.1 Å². The van der Waals surface area contributed by atoms with Crippen LogP contribution in [0.3, 0.4) is 0 Å². The van der Waals surface area contributed by atoms with Crippen molar-refractivity contribution in [2.75, 3.05) is 13.3 Å². The smallest absolute Gasteiger partial charge is 0.416 e. The van der Waals surface area contributed by atoms with E-state index in [1.807, 2.05) is 12.1 Å². The molecule has 2 aliphatic rings. The number of fused-ring (bicyclic) bond motifs is 1. The van der Waals surface area contributed by atoms with Gasteiger partial charge in [0, 0.05) is 25.1 Å². The molecule has 3 heterocycles. The Bertz CT molecular complexity index is 1140. The fourth-order valence-electron chi connectivity index (χ4n) is 3.70. The average molecular weight is 431 g/mol. The van der Waals surface area contributed by atoms with Crippen molar-refractivity contribution >= 4 is 5.91 Å². The van der Waals surface area contributed by atoms with Crippen LogP contribution in [-0.2, 0) is 17.5 Å². The summed E-state index contributed by atoms with van der Waals surface area (Å²) in [5, 5.41) is 3.81.